The van der Waals surface area contributed by atoms with E-state index >= 15 is 0 Å². The number of ether oxygens (including phenoxy) is 1. The second-order valence-corrected chi connectivity index (χ2v) is 4.34. The first kappa shape index (κ1) is 16.4. The maximum absolute atomic E-state index is 11.2. The standard InChI is InChI=1S/C17H20N2O2/c1-4-6-16(21-3)15(11-13(2)17(18)20)9-8-14-7-5-10-19-12-14/h4-12H,1-3H3,(H2,18,20)/b6-4-,9-8+,13-11+,16-15+. The van der Waals surface area contributed by atoms with Gasteiger partial charge in [0.1, 0.15) is 5.76 Å². The first-order valence-corrected chi connectivity index (χ1v) is 6.55. The molecule has 0 spiro atoms. The van der Waals surface area contributed by atoms with Gasteiger partial charge in [-0.25, -0.2) is 0 Å². The molecule has 0 fully saturated rings. The van der Waals surface area contributed by atoms with E-state index in [0.717, 1.165) is 11.1 Å². The van der Waals surface area contributed by atoms with Crippen LogP contribution in [0.3, 0.4) is 0 Å². The molecule has 0 aliphatic heterocycles. The Hall–Kier alpha value is -2.62. The highest BCUT2D eigenvalue weighted by molar-refractivity contribution is 5.92. The number of nitrogens with zero attached hydrogens (tertiary/aromatic N) is 1. The number of pyridine rings is 1. The van der Waals surface area contributed by atoms with Gasteiger partial charge in [-0.15, -0.1) is 0 Å². The van der Waals surface area contributed by atoms with Crippen LogP contribution in [0.2, 0.25) is 0 Å². The van der Waals surface area contributed by atoms with Gasteiger partial charge in [0.25, 0.3) is 0 Å². The first-order valence-electron chi connectivity index (χ1n) is 6.55. The van der Waals surface area contributed by atoms with Crippen LogP contribution < -0.4 is 5.73 Å². The van der Waals surface area contributed by atoms with Gasteiger partial charge in [-0.1, -0.05) is 24.3 Å². The first-order chi connectivity index (χ1) is 10.1. The number of methoxy groups -OCH3 is 1. The third-order valence-corrected chi connectivity index (χ3v) is 2.72. The summed E-state index contributed by atoms with van der Waals surface area (Å²) < 4.78 is 5.35. The van der Waals surface area contributed by atoms with Crippen molar-refractivity contribution in [1.82, 2.24) is 4.98 Å². The van der Waals surface area contributed by atoms with E-state index in [4.69, 9.17) is 10.5 Å². The predicted octanol–water partition coefficient (Wildman–Crippen LogP) is 3.00. The average molecular weight is 284 g/mol. The number of aromatic nitrogens is 1. The van der Waals surface area contributed by atoms with E-state index in [1.165, 1.54) is 0 Å². The van der Waals surface area contributed by atoms with Gasteiger partial charge in [0, 0.05) is 23.5 Å². The zero-order valence-corrected chi connectivity index (χ0v) is 12.5. The molecular formula is C17H20N2O2. The van der Waals surface area contributed by atoms with Crippen LogP contribution in [0.5, 0.6) is 0 Å². The number of hydrogen-bond acceptors (Lipinski definition) is 3. The van der Waals surface area contributed by atoms with Crippen molar-refractivity contribution in [2.45, 2.75) is 13.8 Å². The van der Waals surface area contributed by atoms with E-state index < -0.39 is 5.91 Å². The Morgan fingerprint density at radius 3 is 2.67 bits per heavy atom. The molecule has 0 radical (unpaired) electrons. The molecule has 4 nitrogen and oxygen atoms in total. The Morgan fingerprint density at radius 2 is 2.14 bits per heavy atom. The highest BCUT2D eigenvalue weighted by Gasteiger charge is 2.03. The second kappa shape index (κ2) is 8.53. The lowest BCUT2D eigenvalue weighted by Crippen LogP contribution is -2.11. The van der Waals surface area contributed by atoms with Crippen LogP contribution in [0.4, 0.5) is 0 Å². The number of allylic oxidation sites excluding steroid dienone is 5. The van der Waals surface area contributed by atoms with Gasteiger partial charge in [0.2, 0.25) is 5.91 Å². The van der Waals surface area contributed by atoms with Crippen molar-refractivity contribution in [2.24, 2.45) is 5.73 Å². The number of nitrogens with two attached hydrogens (primary N) is 1. The fraction of sp³-hybridized carbons (Fsp3) is 0.176. The van der Waals surface area contributed by atoms with E-state index in [-0.39, 0.29) is 0 Å². The molecule has 21 heavy (non-hydrogen) atoms. The lowest BCUT2D eigenvalue weighted by molar-refractivity contribution is -0.114. The van der Waals surface area contributed by atoms with Crippen LogP contribution in [0.15, 0.2) is 65.7 Å². The van der Waals surface area contributed by atoms with Crippen molar-refractivity contribution in [2.75, 3.05) is 7.11 Å². The van der Waals surface area contributed by atoms with Gasteiger partial charge in [-0.3, -0.25) is 9.78 Å². The molecule has 1 rings (SSSR count). The molecule has 4 heteroatoms. The van der Waals surface area contributed by atoms with Crippen LogP contribution in [0.1, 0.15) is 19.4 Å². The maximum Gasteiger partial charge on any atom is 0.244 e. The third-order valence-electron chi connectivity index (χ3n) is 2.72. The van der Waals surface area contributed by atoms with Gasteiger partial charge < -0.3 is 10.5 Å². The van der Waals surface area contributed by atoms with Crippen molar-refractivity contribution in [1.29, 1.82) is 0 Å². The molecule has 0 aromatic carbocycles. The van der Waals surface area contributed by atoms with Crippen LogP contribution in [0.25, 0.3) is 6.08 Å². The molecule has 1 aromatic rings. The van der Waals surface area contributed by atoms with Crippen molar-refractivity contribution in [3.8, 4) is 0 Å². The molecule has 0 saturated heterocycles. The predicted molar refractivity (Wildman–Crippen MR) is 85.1 cm³/mol. The smallest absolute Gasteiger partial charge is 0.244 e. The minimum absolute atomic E-state index is 0.458. The van der Waals surface area contributed by atoms with Crippen molar-refractivity contribution < 1.29 is 9.53 Å². The average Bonchev–Trinajstić information content (AvgIpc) is 2.50. The monoisotopic (exact) mass is 284 g/mol. The minimum atomic E-state index is -0.460. The number of amides is 1. The zero-order chi connectivity index (χ0) is 15.7. The molecule has 1 amide bonds. The highest BCUT2D eigenvalue weighted by atomic mass is 16.5. The minimum Gasteiger partial charge on any atom is -0.496 e. The molecule has 0 unspecified atom stereocenters. The van der Waals surface area contributed by atoms with Crippen molar-refractivity contribution in [3.05, 3.63) is 71.3 Å². The zero-order valence-electron chi connectivity index (χ0n) is 12.5. The van der Waals surface area contributed by atoms with E-state index in [9.17, 15) is 4.79 Å². The van der Waals surface area contributed by atoms with Crippen LogP contribution in [-0.4, -0.2) is 18.0 Å². The lowest BCUT2D eigenvalue weighted by Gasteiger charge is -2.05. The quantitative estimate of drug-likeness (QED) is 0.496. The number of carbonyl (C=O) groups is 1. The van der Waals surface area contributed by atoms with E-state index in [1.54, 1.807) is 32.5 Å². The normalized spacial score (nSPS) is 13.6. The van der Waals surface area contributed by atoms with Gasteiger partial charge >= 0.3 is 0 Å². The Labute approximate surface area is 125 Å². The summed E-state index contributed by atoms with van der Waals surface area (Å²) in [5.74, 6) is 0.191. The summed E-state index contributed by atoms with van der Waals surface area (Å²) >= 11 is 0. The maximum atomic E-state index is 11.2. The summed E-state index contributed by atoms with van der Waals surface area (Å²) in [6.07, 6.45) is 12.6. The molecule has 0 bridgehead atoms. The van der Waals surface area contributed by atoms with Gasteiger partial charge in [-0.05, 0) is 37.6 Å². The SMILES string of the molecule is C\C=C/C(OC)=C(/C=C/c1cccnc1)\C=C(/C)C(N)=O. The summed E-state index contributed by atoms with van der Waals surface area (Å²) in [6.45, 7) is 3.56. The van der Waals surface area contributed by atoms with Gasteiger partial charge in [0.15, 0.2) is 0 Å². The summed E-state index contributed by atoms with van der Waals surface area (Å²) in [6, 6.07) is 3.80. The number of rotatable bonds is 6. The summed E-state index contributed by atoms with van der Waals surface area (Å²) in [5, 5.41) is 0. The van der Waals surface area contributed by atoms with E-state index in [2.05, 4.69) is 4.98 Å². The summed E-state index contributed by atoms with van der Waals surface area (Å²) in [4.78, 5) is 15.3. The molecule has 0 aliphatic rings. The Morgan fingerprint density at radius 1 is 1.38 bits per heavy atom. The number of carbonyl (C=O) groups excluding carboxylic acids is 1. The largest absolute Gasteiger partial charge is 0.496 e. The fourth-order valence-corrected chi connectivity index (χ4v) is 1.60. The number of hydrogen-bond donors (Lipinski definition) is 1. The molecule has 0 atom stereocenters. The number of primary amides is 1. The van der Waals surface area contributed by atoms with E-state index in [0.29, 0.717) is 11.3 Å². The molecule has 2 N–H and O–H groups in total. The second-order valence-electron chi connectivity index (χ2n) is 4.34. The van der Waals surface area contributed by atoms with E-state index in [1.807, 2.05) is 43.4 Å². The van der Waals surface area contributed by atoms with Crippen LogP contribution in [-0.2, 0) is 9.53 Å². The van der Waals surface area contributed by atoms with Gasteiger partial charge in [0.05, 0.1) is 7.11 Å². The lowest BCUT2D eigenvalue weighted by atomic mass is 10.1. The fourth-order valence-electron chi connectivity index (χ4n) is 1.60. The Kier molecular flexibility index (Phi) is 6.68. The summed E-state index contributed by atoms with van der Waals surface area (Å²) in [7, 11) is 1.58. The molecule has 110 valence electrons. The van der Waals surface area contributed by atoms with Crippen molar-refractivity contribution in [3.63, 3.8) is 0 Å². The highest BCUT2D eigenvalue weighted by Crippen LogP contribution is 2.15. The molecule has 1 heterocycles. The Balaban J connectivity index is 3.23. The molecule has 1 aromatic heterocycles. The van der Waals surface area contributed by atoms with Crippen LogP contribution in [0, 0.1) is 0 Å². The van der Waals surface area contributed by atoms with Crippen molar-refractivity contribution >= 4 is 12.0 Å². The topological polar surface area (TPSA) is 65.2 Å². The summed E-state index contributed by atoms with van der Waals surface area (Å²) in [5.41, 5.74) is 7.46. The van der Waals surface area contributed by atoms with Gasteiger partial charge in [-0.2, -0.15) is 0 Å². The molecular weight excluding hydrogens is 264 g/mol. The van der Waals surface area contributed by atoms with Crippen LogP contribution >= 0.6 is 0 Å². The molecule has 0 aliphatic carbocycles. The Bertz CT molecular complexity index is 596. The third kappa shape index (κ3) is 5.48. The molecule has 0 saturated carbocycles.